The summed E-state index contributed by atoms with van der Waals surface area (Å²) in [6, 6.07) is 12.8. The average Bonchev–Trinajstić information content (AvgIpc) is 2.60. The predicted octanol–water partition coefficient (Wildman–Crippen LogP) is 4.47. The highest BCUT2D eigenvalue weighted by molar-refractivity contribution is 6.30. The maximum absolute atomic E-state index is 13.1. The Bertz CT molecular complexity index is 654. The highest BCUT2D eigenvalue weighted by Crippen LogP contribution is 2.20. The van der Waals surface area contributed by atoms with Gasteiger partial charge in [-0.15, -0.1) is 0 Å². The molecular formula is C19H22ClFN2O. The zero-order chi connectivity index (χ0) is 17.5. The van der Waals surface area contributed by atoms with Crippen molar-refractivity contribution in [3.05, 3.63) is 64.9 Å². The number of carbonyl (C=O) groups is 1. The molecule has 0 aliphatic carbocycles. The molecule has 3 nitrogen and oxygen atoms in total. The van der Waals surface area contributed by atoms with Crippen LogP contribution in [0.25, 0.3) is 0 Å². The van der Waals surface area contributed by atoms with Crippen LogP contribution in [-0.2, 0) is 0 Å². The van der Waals surface area contributed by atoms with E-state index < -0.39 is 0 Å². The van der Waals surface area contributed by atoms with Gasteiger partial charge < -0.3 is 9.80 Å². The Hall–Kier alpha value is -1.91. The van der Waals surface area contributed by atoms with Crippen LogP contribution in [0.5, 0.6) is 0 Å². The Morgan fingerprint density at radius 2 is 1.54 bits per heavy atom. The van der Waals surface area contributed by atoms with Gasteiger partial charge in [-0.25, -0.2) is 4.39 Å². The van der Waals surface area contributed by atoms with Gasteiger partial charge in [0.15, 0.2) is 0 Å². The molecule has 0 unspecified atom stereocenters. The van der Waals surface area contributed by atoms with E-state index in [9.17, 15) is 9.18 Å². The molecule has 5 heteroatoms. The molecular weight excluding hydrogens is 327 g/mol. The van der Waals surface area contributed by atoms with Crippen molar-refractivity contribution in [3.63, 3.8) is 0 Å². The van der Waals surface area contributed by atoms with Crippen LogP contribution in [0.2, 0.25) is 5.02 Å². The maximum Gasteiger partial charge on any atom is 0.258 e. The van der Waals surface area contributed by atoms with Crippen LogP contribution in [-0.4, -0.2) is 37.0 Å². The predicted molar refractivity (Wildman–Crippen MR) is 97.3 cm³/mol. The number of hydrogen-bond donors (Lipinski definition) is 0. The second-order valence-corrected chi connectivity index (χ2v) is 5.90. The monoisotopic (exact) mass is 348 g/mol. The van der Waals surface area contributed by atoms with E-state index in [0.29, 0.717) is 17.1 Å². The third-order valence-corrected chi connectivity index (χ3v) is 4.26. The van der Waals surface area contributed by atoms with E-state index in [1.54, 1.807) is 17.0 Å². The molecule has 2 aromatic carbocycles. The number of rotatable bonds is 7. The van der Waals surface area contributed by atoms with Crippen LogP contribution in [0.1, 0.15) is 24.2 Å². The molecule has 0 spiro atoms. The fraction of sp³-hybridized carbons (Fsp3) is 0.316. The van der Waals surface area contributed by atoms with Gasteiger partial charge in [-0.2, -0.15) is 0 Å². The maximum atomic E-state index is 13.1. The molecule has 2 aromatic rings. The van der Waals surface area contributed by atoms with E-state index in [1.165, 1.54) is 24.3 Å². The largest absolute Gasteiger partial charge is 0.307 e. The summed E-state index contributed by atoms with van der Waals surface area (Å²) in [5.74, 6) is -0.503. The van der Waals surface area contributed by atoms with E-state index >= 15 is 0 Å². The second-order valence-electron chi connectivity index (χ2n) is 5.47. The lowest BCUT2D eigenvalue weighted by atomic mass is 10.1. The molecule has 0 heterocycles. The van der Waals surface area contributed by atoms with E-state index in [0.717, 1.165) is 25.3 Å². The fourth-order valence-electron chi connectivity index (χ4n) is 2.50. The lowest BCUT2D eigenvalue weighted by Gasteiger charge is -2.27. The number of likely N-dealkylation sites (N-methyl/N-ethyl adjacent to an activating group) is 1. The first-order valence-electron chi connectivity index (χ1n) is 8.10. The van der Waals surface area contributed by atoms with Crippen molar-refractivity contribution in [1.82, 2.24) is 4.90 Å². The van der Waals surface area contributed by atoms with Crippen LogP contribution in [0.15, 0.2) is 48.5 Å². The van der Waals surface area contributed by atoms with Gasteiger partial charge in [-0.05, 0) is 61.6 Å². The van der Waals surface area contributed by atoms with Gasteiger partial charge >= 0.3 is 0 Å². The van der Waals surface area contributed by atoms with E-state index in [1.807, 2.05) is 12.1 Å². The molecule has 0 aliphatic rings. The summed E-state index contributed by atoms with van der Waals surface area (Å²) in [6.07, 6.45) is 0. The molecule has 0 aromatic heterocycles. The molecule has 1 amide bonds. The van der Waals surface area contributed by atoms with E-state index in [-0.39, 0.29) is 11.7 Å². The minimum absolute atomic E-state index is 0.149. The van der Waals surface area contributed by atoms with E-state index in [2.05, 4.69) is 18.7 Å². The summed E-state index contributed by atoms with van der Waals surface area (Å²) in [5, 5.41) is 0.622. The topological polar surface area (TPSA) is 23.6 Å². The Kier molecular flexibility index (Phi) is 6.76. The summed E-state index contributed by atoms with van der Waals surface area (Å²) in [4.78, 5) is 16.8. The van der Waals surface area contributed by atoms with Crippen LogP contribution in [0, 0.1) is 5.82 Å². The highest BCUT2D eigenvalue weighted by Gasteiger charge is 2.18. The first kappa shape index (κ1) is 18.4. The third kappa shape index (κ3) is 4.79. The van der Waals surface area contributed by atoms with Crippen molar-refractivity contribution in [3.8, 4) is 0 Å². The number of nitrogens with zero attached hydrogens (tertiary/aromatic N) is 2. The van der Waals surface area contributed by atoms with E-state index in [4.69, 9.17) is 11.6 Å². The van der Waals surface area contributed by atoms with Crippen molar-refractivity contribution >= 4 is 23.2 Å². The molecule has 128 valence electrons. The zero-order valence-corrected chi connectivity index (χ0v) is 14.8. The first-order valence-corrected chi connectivity index (χ1v) is 8.48. The van der Waals surface area contributed by atoms with Crippen LogP contribution in [0.3, 0.4) is 0 Å². The van der Waals surface area contributed by atoms with Gasteiger partial charge in [0.05, 0.1) is 0 Å². The smallest absolute Gasteiger partial charge is 0.258 e. The van der Waals surface area contributed by atoms with Gasteiger partial charge in [-0.3, -0.25) is 4.79 Å². The molecule has 0 N–H and O–H groups in total. The number of amides is 1. The Labute approximate surface area is 147 Å². The van der Waals surface area contributed by atoms with Crippen molar-refractivity contribution < 1.29 is 9.18 Å². The summed E-state index contributed by atoms with van der Waals surface area (Å²) in [6.45, 7) is 7.36. The molecule has 0 bridgehead atoms. The van der Waals surface area contributed by atoms with Crippen LogP contribution >= 0.6 is 11.6 Å². The average molecular weight is 349 g/mol. The Balaban J connectivity index is 2.25. The number of carbonyl (C=O) groups excluding carboxylic acids is 1. The second kappa shape index (κ2) is 8.81. The number of anilines is 1. The summed E-state index contributed by atoms with van der Waals surface area (Å²) in [5.41, 5.74) is 1.24. The quantitative estimate of drug-likeness (QED) is 0.737. The molecule has 0 saturated heterocycles. The van der Waals surface area contributed by atoms with Crippen molar-refractivity contribution in [2.45, 2.75) is 13.8 Å². The van der Waals surface area contributed by atoms with Crippen LogP contribution in [0.4, 0.5) is 10.1 Å². The first-order chi connectivity index (χ1) is 11.5. The minimum Gasteiger partial charge on any atom is -0.307 e. The standard InChI is InChI=1S/C19H22ClFN2O/c1-3-22(4-2)13-14-23(18-11-7-16(20)8-12-18)19(24)15-5-9-17(21)10-6-15/h5-12H,3-4,13-14H2,1-2H3. The highest BCUT2D eigenvalue weighted by atomic mass is 35.5. The SMILES string of the molecule is CCN(CC)CCN(C(=O)c1ccc(F)cc1)c1ccc(Cl)cc1. The van der Waals surface area contributed by atoms with Gasteiger partial charge in [0, 0.05) is 29.4 Å². The molecule has 0 fully saturated rings. The van der Waals surface area contributed by atoms with Crippen molar-refractivity contribution in [1.29, 1.82) is 0 Å². The lowest BCUT2D eigenvalue weighted by molar-refractivity contribution is 0.0983. The number of halogens is 2. The molecule has 0 radical (unpaired) electrons. The third-order valence-electron chi connectivity index (χ3n) is 4.01. The van der Waals surface area contributed by atoms with Gasteiger partial charge in [0.25, 0.3) is 5.91 Å². The number of benzene rings is 2. The molecule has 0 atom stereocenters. The van der Waals surface area contributed by atoms with Crippen LogP contribution < -0.4 is 4.90 Å². The molecule has 0 saturated carbocycles. The normalized spacial score (nSPS) is 10.9. The fourth-order valence-corrected chi connectivity index (χ4v) is 2.62. The minimum atomic E-state index is -0.354. The molecule has 2 rings (SSSR count). The summed E-state index contributed by atoms with van der Waals surface area (Å²) in [7, 11) is 0. The Morgan fingerprint density at radius 1 is 0.958 bits per heavy atom. The lowest BCUT2D eigenvalue weighted by Crippen LogP contribution is -2.38. The molecule has 0 aliphatic heterocycles. The number of hydrogen-bond acceptors (Lipinski definition) is 2. The van der Waals surface area contributed by atoms with Gasteiger partial charge in [0.2, 0.25) is 0 Å². The van der Waals surface area contributed by atoms with Gasteiger partial charge in [0.1, 0.15) is 5.82 Å². The molecule has 24 heavy (non-hydrogen) atoms. The summed E-state index contributed by atoms with van der Waals surface area (Å²) >= 11 is 5.95. The van der Waals surface area contributed by atoms with Crippen molar-refractivity contribution in [2.75, 3.05) is 31.1 Å². The van der Waals surface area contributed by atoms with Gasteiger partial charge in [-0.1, -0.05) is 25.4 Å². The van der Waals surface area contributed by atoms with Crippen molar-refractivity contribution in [2.24, 2.45) is 0 Å². The summed E-state index contributed by atoms with van der Waals surface area (Å²) < 4.78 is 13.1. The Morgan fingerprint density at radius 3 is 2.08 bits per heavy atom. The zero-order valence-electron chi connectivity index (χ0n) is 14.0.